The molecule has 0 aromatic heterocycles. The van der Waals surface area contributed by atoms with Gasteiger partial charge in [0.15, 0.2) is 11.5 Å². The monoisotopic (exact) mass is 431 g/mol. The van der Waals surface area contributed by atoms with Gasteiger partial charge < -0.3 is 30.2 Å². The molecule has 30 heavy (non-hydrogen) atoms. The highest BCUT2D eigenvalue weighted by Gasteiger charge is 2.34. The number of hydrogen-bond donors (Lipinski definition) is 3. The number of anilines is 1. The van der Waals surface area contributed by atoms with Crippen LogP contribution < -0.4 is 30.2 Å². The molecule has 0 saturated heterocycles. The van der Waals surface area contributed by atoms with Gasteiger partial charge in [0.25, 0.3) is 5.91 Å². The molecule has 0 radical (unpaired) electrons. The largest absolute Gasteiger partial charge is 0.495 e. The number of rotatable bonds is 6. The molecule has 0 unspecified atom stereocenters. The van der Waals surface area contributed by atoms with Crippen LogP contribution in [0.25, 0.3) is 0 Å². The van der Waals surface area contributed by atoms with E-state index in [1.54, 1.807) is 43.3 Å². The van der Waals surface area contributed by atoms with Gasteiger partial charge in [-0.15, -0.1) is 0 Å². The van der Waals surface area contributed by atoms with Gasteiger partial charge in [-0.05, 0) is 31.2 Å². The molecule has 0 spiro atoms. The molecule has 1 heterocycles. The summed E-state index contributed by atoms with van der Waals surface area (Å²) in [5, 5.41) is 8.68. The molecule has 9 heteroatoms. The first-order valence-electron chi connectivity index (χ1n) is 9.03. The predicted octanol–water partition coefficient (Wildman–Crippen LogP) is 3.63. The Balaban J connectivity index is 2.05. The SMILES string of the molecule is COc1ccc(Cl)cc1NC(=O)C1=C(C)NC(=O)N[C@@H]1c1cccc(OC)c1OC. The number of nitrogens with one attached hydrogen (secondary N) is 3. The van der Waals surface area contributed by atoms with Crippen molar-refractivity contribution in [2.24, 2.45) is 0 Å². The lowest BCUT2D eigenvalue weighted by molar-refractivity contribution is -0.113. The number of carbonyl (C=O) groups is 2. The summed E-state index contributed by atoms with van der Waals surface area (Å²) in [6, 6.07) is 8.96. The van der Waals surface area contributed by atoms with Crippen molar-refractivity contribution in [3.63, 3.8) is 0 Å². The molecule has 3 rings (SSSR count). The van der Waals surface area contributed by atoms with E-state index in [0.717, 1.165) is 0 Å². The van der Waals surface area contributed by atoms with Gasteiger partial charge in [0.05, 0.1) is 38.6 Å². The minimum Gasteiger partial charge on any atom is -0.495 e. The van der Waals surface area contributed by atoms with E-state index in [1.165, 1.54) is 21.3 Å². The molecule has 0 saturated carbocycles. The second-order valence-corrected chi connectivity index (χ2v) is 6.89. The van der Waals surface area contributed by atoms with Crippen LogP contribution in [0.4, 0.5) is 10.5 Å². The fourth-order valence-electron chi connectivity index (χ4n) is 3.33. The first kappa shape index (κ1) is 21.3. The molecule has 0 fully saturated rings. The highest BCUT2D eigenvalue weighted by Crippen LogP contribution is 2.39. The number of hydrogen-bond acceptors (Lipinski definition) is 5. The molecule has 0 aliphatic carbocycles. The first-order valence-corrected chi connectivity index (χ1v) is 9.41. The number of ether oxygens (including phenoxy) is 3. The van der Waals surface area contributed by atoms with E-state index in [0.29, 0.717) is 44.8 Å². The zero-order valence-electron chi connectivity index (χ0n) is 17.0. The van der Waals surface area contributed by atoms with Crippen molar-refractivity contribution in [3.05, 3.63) is 58.3 Å². The number of carbonyl (C=O) groups excluding carboxylic acids is 2. The Kier molecular flexibility index (Phi) is 6.37. The standard InChI is InChI=1S/C21H22ClN3O5/c1-11-17(20(26)24-14-10-12(22)8-9-15(14)28-2)18(25-21(27)23-11)13-6-5-7-16(29-3)19(13)30-4/h5-10,18H,1-4H3,(H,24,26)(H2,23,25,27)/t18-/m1/s1. The fourth-order valence-corrected chi connectivity index (χ4v) is 3.51. The van der Waals surface area contributed by atoms with Crippen molar-refractivity contribution in [2.75, 3.05) is 26.6 Å². The summed E-state index contributed by atoms with van der Waals surface area (Å²) in [6.07, 6.45) is 0. The van der Waals surface area contributed by atoms with E-state index in [9.17, 15) is 9.59 Å². The zero-order chi connectivity index (χ0) is 21.8. The van der Waals surface area contributed by atoms with Crippen molar-refractivity contribution in [1.29, 1.82) is 0 Å². The normalized spacial score (nSPS) is 15.8. The average molecular weight is 432 g/mol. The molecular weight excluding hydrogens is 410 g/mol. The Morgan fingerprint density at radius 3 is 2.47 bits per heavy atom. The first-order chi connectivity index (χ1) is 14.4. The quantitative estimate of drug-likeness (QED) is 0.648. The van der Waals surface area contributed by atoms with E-state index < -0.39 is 18.0 Å². The maximum Gasteiger partial charge on any atom is 0.319 e. The summed E-state index contributed by atoms with van der Waals surface area (Å²) in [4.78, 5) is 25.5. The highest BCUT2D eigenvalue weighted by atomic mass is 35.5. The Morgan fingerprint density at radius 2 is 1.80 bits per heavy atom. The van der Waals surface area contributed by atoms with E-state index in [4.69, 9.17) is 25.8 Å². The van der Waals surface area contributed by atoms with Gasteiger partial charge in [-0.1, -0.05) is 23.7 Å². The topological polar surface area (TPSA) is 97.9 Å². The van der Waals surface area contributed by atoms with Gasteiger partial charge in [0.2, 0.25) is 0 Å². The van der Waals surface area contributed by atoms with Crippen LogP contribution >= 0.6 is 11.6 Å². The maximum atomic E-state index is 13.3. The molecule has 3 amide bonds. The molecule has 8 nitrogen and oxygen atoms in total. The van der Waals surface area contributed by atoms with Crippen LogP contribution in [-0.4, -0.2) is 33.3 Å². The number of halogens is 1. The Morgan fingerprint density at radius 1 is 1.07 bits per heavy atom. The second kappa shape index (κ2) is 8.96. The molecule has 1 atom stereocenters. The van der Waals surface area contributed by atoms with Gasteiger partial charge in [0, 0.05) is 16.3 Å². The number of urea groups is 1. The van der Waals surface area contributed by atoms with E-state index in [-0.39, 0.29) is 0 Å². The molecule has 158 valence electrons. The number of para-hydroxylation sites is 1. The summed E-state index contributed by atoms with van der Waals surface area (Å²) >= 11 is 6.07. The summed E-state index contributed by atoms with van der Waals surface area (Å²) in [5.74, 6) is 0.923. The van der Waals surface area contributed by atoms with Crippen molar-refractivity contribution in [3.8, 4) is 17.2 Å². The van der Waals surface area contributed by atoms with Crippen LogP contribution in [0.15, 0.2) is 47.7 Å². The number of benzene rings is 2. The minimum atomic E-state index is -0.769. The molecule has 2 aromatic carbocycles. The summed E-state index contributed by atoms with van der Waals surface area (Å²) < 4.78 is 16.2. The third-order valence-corrected chi connectivity index (χ3v) is 4.90. The maximum absolute atomic E-state index is 13.3. The predicted molar refractivity (Wildman–Crippen MR) is 113 cm³/mol. The van der Waals surface area contributed by atoms with Crippen molar-refractivity contribution in [1.82, 2.24) is 10.6 Å². The van der Waals surface area contributed by atoms with Crippen LogP contribution in [0.3, 0.4) is 0 Å². The zero-order valence-corrected chi connectivity index (χ0v) is 17.7. The van der Waals surface area contributed by atoms with Gasteiger partial charge in [-0.3, -0.25) is 4.79 Å². The Labute approximate surface area is 179 Å². The smallest absolute Gasteiger partial charge is 0.319 e. The Hall–Kier alpha value is -3.39. The number of allylic oxidation sites excluding steroid dienone is 1. The van der Waals surface area contributed by atoms with Crippen LogP contribution in [0.5, 0.6) is 17.2 Å². The lowest BCUT2D eigenvalue weighted by atomic mass is 9.93. The molecule has 1 aliphatic heterocycles. The van der Waals surface area contributed by atoms with Crippen LogP contribution in [0.2, 0.25) is 5.02 Å². The molecular formula is C21H22ClN3O5. The number of methoxy groups -OCH3 is 3. The third kappa shape index (κ3) is 4.13. The van der Waals surface area contributed by atoms with Crippen LogP contribution in [0, 0.1) is 0 Å². The lowest BCUT2D eigenvalue weighted by Gasteiger charge is -2.30. The van der Waals surface area contributed by atoms with Gasteiger partial charge >= 0.3 is 6.03 Å². The van der Waals surface area contributed by atoms with Crippen molar-refractivity contribution >= 4 is 29.2 Å². The van der Waals surface area contributed by atoms with Crippen LogP contribution in [0.1, 0.15) is 18.5 Å². The second-order valence-electron chi connectivity index (χ2n) is 6.45. The van der Waals surface area contributed by atoms with Crippen LogP contribution in [-0.2, 0) is 4.79 Å². The minimum absolute atomic E-state index is 0.309. The molecule has 0 bridgehead atoms. The van der Waals surface area contributed by atoms with E-state index in [2.05, 4.69) is 16.0 Å². The van der Waals surface area contributed by atoms with Gasteiger partial charge in [-0.25, -0.2) is 4.79 Å². The summed E-state index contributed by atoms with van der Waals surface area (Å²) in [6.45, 7) is 1.66. The third-order valence-electron chi connectivity index (χ3n) is 4.67. The molecule has 1 aliphatic rings. The molecule has 3 N–H and O–H groups in total. The fraction of sp³-hybridized carbons (Fsp3) is 0.238. The van der Waals surface area contributed by atoms with Gasteiger partial charge in [-0.2, -0.15) is 0 Å². The highest BCUT2D eigenvalue weighted by molar-refractivity contribution is 6.31. The summed E-state index contributed by atoms with van der Waals surface area (Å²) in [5.41, 5.74) is 1.70. The molecule has 2 aromatic rings. The average Bonchev–Trinajstić information content (AvgIpc) is 2.72. The van der Waals surface area contributed by atoms with Crippen molar-refractivity contribution in [2.45, 2.75) is 13.0 Å². The van der Waals surface area contributed by atoms with Crippen molar-refractivity contribution < 1.29 is 23.8 Å². The van der Waals surface area contributed by atoms with E-state index in [1.807, 2.05) is 0 Å². The van der Waals surface area contributed by atoms with Gasteiger partial charge in [0.1, 0.15) is 5.75 Å². The Bertz CT molecular complexity index is 1020. The lowest BCUT2D eigenvalue weighted by Crippen LogP contribution is -2.46. The number of amides is 3. The van der Waals surface area contributed by atoms with E-state index >= 15 is 0 Å². The summed E-state index contributed by atoms with van der Waals surface area (Å²) in [7, 11) is 4.51.